The molecule has 5 heteroatoms. The van der Waals surface area contributed by atoms with E-state index in [4.69, 9.17) is 5.11 Å². The van der Waals surface area contributed by atoms with E-state index in [0.717, 1.165) is 0 Å². The predicted octanol–water partition coefficient (Wildman–Crippen LogP) is 3.83. The molecule has 0 radical (unpaired) electrons. The fourth-order valence-corrected chi connectivity index (χ4v) is 2.17. The number of carboxylic acid groups (broad SMARTS) is 1. The molecule has 1 aromatic carbocycles. The minimum absolute atomic E-state index is 0.0406. The second-order valence-corrected chi connectivity index (χ2v) is 5.07. The van der Waals surface area contributed by atoms with Crippen LogP contribution in [0.1, 0.15) is 25.3 Å². The zero-order valence-electron chi connectivity index (χ0n) is 9.56. The zero-order valence-corrected chi connectivity index (χ0v) is 10.4. The van der Waals surface area contributed by atoms with Gasteiger partial charge in [-0.1, -0.05) is 37.7 Å². The summed E-state index contributed by atoms with van der Waals surface area (Å²) in [4.78, 5) is 11.5. The van der Waals surface area contributed by atoms with Crippen LogP contribution in [0, 0.1) is 5.92 Å². The molecular formula is C12H14F2O2S. The van der Waals surface area contributed by atoms with Crippen LogP contribution in [0.15, 0.2) is 29.2 Å². The zero-order chi connectivity index (χ0) is 13.0. The predicted molar refractivity (Wildman–Crippen MR) is 63.5 cm³/mol. The van der Waals surface area contributed by atoms with Gasteiger partial charge in [-0.2, -0.15) is 8.78 Å². The van der Waals surface area contributed by atoms with Gasteiger partial charge in [0.25, 0.3) is 5.76 Å². The van der Waals surface area contributed by atoms with Gasteiger partial charge in [0.2, 0.25) is 0 Å². The molecule has 0 aliphatic heterocycles. The first-order valence-corrected chi connectivity index (χ1v) is 6.07. The Kier molecular flexibility index (Phi) is 4.93. The van der Waals surface area contributed by atoms with Gasteiger partial charge in [0.15, 0.2) is 0 Å². The summed E-state index contributed by atoms with van der Waals surface area (Å²) in [7, 11) is 0. The van der Waals surface area contributed by atoms with Crippen molar-refractivity contribution in [1.29, 1.82) is 0 Å². The van der Waals surface area contributed by atoms with Crippen molar-refractivity contribution >= 4 is 17.7 Å². The smallest absolute Gasteiger partial charge is 0.311 e. The first-order valence-electron chi connectivity index (χ1n) is 5.19. The molecule has 0 heterocycles. The van der Waals surface area contributed by atoms with E-state index in [9.17, 15) is 13.6 Å². The van der Waals surface area contributed by atoms with E-state index in [-0.39, 0.29) is 5.92 Å². The molecule has 0 aliphatic carbocycles. The third-order valence-electron chi connectivity index (χ3n) is 2.40. The van der Waals surface area contributed by atoms with Crippen molar-refractivity contribution in [2.24, 2.45) is 5.92 Å². The molecule has 0 spiro atoms. The van der Waals surface area contributed by atoms with Crippen LogP contribution in [-0.2, 0) is 4.79 Å². The molecule has 1 unspecified atom stereocenters. The number of thioether (sulfide) groups is 1. The number of benzene rings is 1. The highest BCUT2D eigenvalue weighted by Gasteiger charge is 2.23. The van der Waals surface area contributed by atoms with Crippen molar-refractivity contribution in [3.05, 3.63) is 29.8 Å². The molecule has 17 heavy (non-hydrogen) atoms. The molecule has 0 fully saturated rings. The van der Waals surface area contributed by atoms with Gasteiger partial charge in [-0.15, -0.1) is 0 Å². The quantitative estimate of drug-likeness (QED) is 0.818. The van der Waals surface area contributed by atoms with Crippen molar-refractivity contribution in [2.45, 2.75) is 30.4 Å². The Morgan fingerprint density at radius 1 is 1.24 bits per heavy atom. The molecule has 1 rings (SSSR count). The van der Waals surface area contributed by atoms with Crippen LogP contribution in [-0.4, -0.2) is 16.8 Å². The van der Waals surface area contributed by atoms with Gasteiger partial charge in [0.05, 0.1) is 5.92 Å². The molecule has 0 saturated carbocycles. The van der Waals surface area contributed by atoms with Gasteiger partial charge < -0.3 is 5.11 Å². The topological polar surface area (TPSA) is 37.3 Å². The van der Waals surface area contributed by atoms with Crippen molar-refractivity contribution in [3.63, 3.8) is 0 Å². The first-order chi connectivity index (χ1) is 7.91. The minimum Gasteiger partial charge on any atom is -0.481 e. The molecule has 1 N–H and O–H groups in total. The van der Waals surface area contributed by atoms with Crippen LogP contribution < -0.4 is 0 Å². The number of hydrogen-bond acceptors (Lipinski definition) is 2. The maximum absolute atomic E-state index is 12.1. The Bertz CT molecular complexity index is 377. The second-order valence-electron chi connectivity index (χ2n) is 4.01. The fraction of sp³-hybridized carbons (Fsp3) is 0.417. The standard InChI is InChI=1S/C12H14F2O2S/c1-7(2)10(11(15)16)8-3-5-9(6-4-8)17-12(13)14/h3-7,10,12H,1-2H3,(H,15,16). The Morgan fingerprint density at radius 3 is 2.12 bits per heavy atom. The number of aliphatic carboxylic acids is 1. The maximum Gasteiger partial charge on any atom is 0.311 e. The second kappa shape index (κ2) is 6.00. The minimum atomic E-state index is -2.46. The summed E-state index contributed by atoms with van der Waals surface area (Å²) in [6, 6.07) is 6.27. The molecule has 0 amide bonds. The number of carbonyl (C=O) groups is 1. The average molecular weight is 260 g/mol. The number of alkyl halides is 2. The summed E-state index contributed by atoms with van der Waals surface area (Å²) in [6.45, 7) is 3.64. The normalized spacial score (nSPS) is 13.1. The highest BCUT2D eigenvalue weighted by molar-refractivity contribution is 7.99. The average Bonchev–Trinajstić information content (AvgIpc) is 2.18. The van der Waals surface area contributed by atoms with Crippen LogP contribution in [0.4, 0.5) is 8.78 Å². The first kappa shape index (κ1) is 14.0. The molecule has 0 bridgehead atoms. The summed E-state index contributed by atoms with van der Waals surface area (Å²) in [5.74, 6) is -3.99. The van der Waals surface area contributed by atoms with E-state index in [1.165, 1.54) is 12.1 Å². The Hall–Kier alpha value is -1.10. The lowest BCUT2D eigenvalue weighted by Crippen LogP contribution is -2.17. The Morgan fingerprint density at radius 2 is 1.76 bits per heavy atom. The van der Waals surface area contributed by atoms with Crippen LogP contribution in [0.3, 0.4) is 0 Å². The summed E-state index contributed by atoms with van der Waals surface area (Å²) in [5, 5.41) is 9.09. The fourth-order valence-electron chi connectivity index (χ4n) is 1.67. The molecule has 0 aromatic heterocycles. The summed E-state index contributed by atoms with van der Waals surface area (Å²) < 4.78 is 24.2. The molecular weight excluding hydrogens is 246 g/mol. The van der Waals surface area contributed by atoms with Crippen LogP contribution >= 0.6 is 11.8 Å². The highest BCUT2D eigenvalue weighted by Crippen LogP contribution is 2.29. The van der Waals surface area contributed by atoms with Gasteiger partial charge in [-0.3, -0.25) is 4.79 Å². The van der Waals surface area contributed by atoms with Crippen molar-refractivity contribution in [2.75, 3.05) is 0 Å². The van der Waals surface area contributed by atoms with E-state index < -0.39 is 17.6 Å². The van der Waals surface area contributed by atoms with E-state index in [1.54, 1.807) is 12.1 Å². The molecule has 1 aromatic rings. The van der Waals surface area contributed by atoms with Crippen molar-refractivity contribution in [3.8, 4) is 0 Å². The van der Waals surface area contributed by atoms with Gasteiger partial charge in [-0.05, 0) is 23.6 Å². The number of rotatable bonds is 5. The third kappa shape index (κ3) is 4.00. The van der Waals surface area contributed by atoms with Gasteiger partial charge in [0.1, 0.15) is 0 Å². The van der Waals surface area contributed by atoms with E-state index in [2.05, 4.69) is 0 Å². The molecule has 1 atom stereocenters. The highest BCUT2D eigenvalue weighted by atomic mass is 32.2. The largest absolute Gasteiger partial charge is 0.481 e. The molecule has 0 saturated heterocycles. The Balaban J connectivity index is 2.88. The van der Waals surface area contributed by atoms with Gasteiger partial charge >= 0.3 is 5.97 Å². The number of carboxylic acids is 1. The summed E-state index contributed by atoms with van der Waals surface area (Å²) in [5.41, 5.74) is 0.645. The molecule has 2 nitrogen and oxygen atoms in total. The molecule has 0 aliphatic rings. The number of halogens is 2. The van der Waals surface area contributed by atoms with Gasteiger partial charge in [-0.25, -0.2) is 0 Å². The van der Waals surface area contributed by atoms with Crippen molar-refractivity contribution in [1.82, 2.24) is 0 Å². The summed E-state index contributed by atoms with van der Waals surface area (Å²) >= 11 is 0.455. The van der Waals surface area contributed by atoms with E-state index >= 15 is 0 Å². The maximum atomic E-state index is 12.1. The van der Waals surface area contributed by atoms with Crippen LogP contribution in [0.25, 0.3) is 0 Å². The monoisotopic (exact) mass is 260 g/mol. The van der Waals surface area contributed by atoms with Crippen LogP contribution in [0.5, 0.6) is 0 Å². The SMILES string of the molecule is CC(C)C(C(=O)O)c1ccc(SC(F)F)cc1. The van der Waals surface area contributed by atoms with E-state index in [0.29, 0.717) is 22.2 Å². The van der Waals surface area contributed by atoms with Gasteiger partial charge in [0, 0.05) is 4.90 Å². The Labute approximate surface area is 103 Å². The van der Waals surface area contributed by atoms with Crippen LogP contribution in [0.2, 0.25) is 0 Å². The lowest BCUT2D eigenvalue weighted by Gasteiger charge is -2.16. The van der Waals surface area contributed by atoms with E-state index in [1.807, 2.05) is 13.8 Å². The lowest BCUT2D eigenvalue weighted by atomic mass is 9.89. The van der Waals surface area contributed by atoms with Crippen molar-refractivity contribution < 1.29 is 18.7 Å². The third-order valence-corrected chi connectivity index (χ3v) is 3.12. The molecule has 94 valence electrons. The lowest BCUT2D eigenvalue weighted by molar-refractivity contribution is -0.139. The summed E-state index contributed by atoms with van der Waals surface area (Å²) in [6.07, 6.45) is 0. The number of hydrogen-bond donors (Lipinski definition) is 1.